The van der Waals surface area contributed by atoms with E-state index in [1.165, 1.54) is 98.4 Å². The first kappa shape index (κ1) is 21.8. The molecule has 0 bridgehead atoms. The van der Waals surface area contributed by atoms with Gasteiger partial charge < -0.3 is 13.2 Å². The zero-order chi connectivity index (χ0) is 26.9. The summed E-state index contributed by atoms with van der Waals surface area (Å²) >= 11 is 0. The van der Waals surface area contributed by atoms with Crippen LogP contribution in [0.25, 0.3) is 70.4 Å². The van der Waals surface area contributed by atoms with Gasteiger partial charge in [0.1, 0.15) is 11.3 Å². The smallest absolute Gasteiger partial charge is 0.140 e. The number of hydrogen-bond donors (Lipinski definition) is 0. The Labute approximate surface area is 232 Å². The summed E-state index contributed by atoms with van der Waals surface area (Å²) in [7, 11) is -0.757. The summed E-state index contributed by atoms with van der Waals surface area (Å²) in [6.07, 6.45) is 0. The molecule has 0 N–H and O–H groups in total. The van der Waals surface area contributed by atoms with Crippen molar-refractivity contribution in [3.05, 3.63) is 88.2 Å². The molecule has 3 atom stereocenters. The van der Waals surface area contributed by atoms with Gasteiger partial charge in [0.2, 0.25) is 0 Å². The van der Waals surface area contributed by atoms with Crippen molar-refractivity contribution in [2.75, 3.05) is 0 Å². The van der Waals surface area contributed by atoms with E-state index in [-0.39, 0.29) is 0 Å². The van der Waals surface area contributed by atoms with Crippen molar-refractivity contribution in [1.29, 1.82) is 0 Å². The second-order valence-electron chi connectivity index (χ2n) is 12.6. The van der Waals surface area contributed by atoms with Gasteiger partial charge >= 0.3 is 0 Å². The SMILES string of the molecule is Cc1ccc2c(c1)c1c3c4c(oc5cc(C)c6c7cc(C)ccc7n7c8cc(C)cc(c8-p4c5c67)n23)C(C)C1C. The lowest BCUT2D eigenvalue weighted by Gasteiger charge is -2.31. The van der Waals surface area contributed by atoms with Gasteiger partial charge in [-0.3, -0.25) is 0 Å². The van der Waals surface area contributed by atoms with Crippen LogP contribution < -0.4 is 0 Å². The van der Waals surface area contributed by atoms with E-state index in [4.69, 9.17) is 4.42 Å². The summed E-state index contributed by atoms with van der Waals surface area (Å²) in [5, 5.41) is 8.53. The van der Waals surface area contributed by atoms with E-state index in [9.17, 15) is 0 Å². The van der Waals surface area contributed by atoms with Crippen LogP contribution >= 0.6 is 7.53 Å². The van der Waals surface area contributed by atoms with Gasteiger partial charge in [-0.05, 0) is 92.8 Å². The molecule has 0 saturated carbocycles. The Morgan fingerprint density at radius 3 is 2.02 bits per heavy atom. The molecule has 0 spiro atoms. The van der Waals surface area contributed by atoms with Crippen molar-refractivity contribution in [3.8, 4) is 5.30 Å². The Hall–Kier alpha value is -3.94. The van der Waals surface area contributed by atoms with Gasteiger partial charge in [-0.25, -0.2) is 0 Å². The van der Waals surface area contributed by atoms with Crippen LogP contribution in [-0.2, 0) is 0 Å². The molecule has 0 fully saturated rings. The Morgan fingerprint density at radius 1 is 0.650 bits per heavy atom. The Kier molecular flexibility index (Phi) is 3.64. The zero-order valence-corrected chi connectivity index (χ0v) is 24.5. The molecule has 2 aliphatic heterocycles. The van der Waals surface area contributed by atoms with Crippen LogP contribution in [0.2, 0.25) is 0 Å². The van der Waals surface area contributed by atoms with E-state index in [0.717, 1.165) is 5.58 Å². The van der Waals surface area contributed by atoms with E-state index in [2.05, 4.69) is 105 Å². The minimum Gasteiger partial charge on any atom is -0.459 e. The van der Waals surface area contributed by atoms with Crippen molar-refractivity contribution in [2.45, 2.75) is 53.4 Å². The van der Waals surface area contributed by atoms with Gasteiger partial charge in [-0.2, -0.15) is 0 Å². The molecule has 4 aromatic carbocycles. The van der Waals surface area contributed by atoms with Gasteiger partial charge in [0.25, 0.3) is 0 Å². The van der Waals surface area contributed by atoms with Crippen molar-refractivity contribution < 1.29 is 4.42 Å². The second-order valence-corrected chi connectivity index (χ2v) is 14.6. The summed E-state index contributed by atoms with van der Waals surface area (Å²) in [6, 6.07) is 21.3. The molecule has 5 heterocycles. The van der Waals surface area contributed by atoms with E-state index in [1.54, 1.807) is 0 Å². The van der Waals surface area contributed by atoms with Crippen LogP contribution in [0.1, 0.15) is 59.3 Å². The molecule has 0 amide bonds. The van der Waals surface area contributed by atoms with Crippen LogP contribution in [0.3, 0.4) is 0 Å². The summed E-state index contributed by atoms with van der Waals surface area (Å²) in [6.45, 7) is 13.8. The lowest BCUT2D eigenvalue weighted by atomic mass is 9.82. The third kappa shape index (κ3) is 2.20. The number of hydrogen-bond acceptors (Lipinski definition) is 1. The average molecular weight is 537 g/mol. The third-order valence-corrected chi connectivity index (χ3v) is 12.8. The average Bonchev–Trinajstić information content (AvgIpc) is 3.44. The number of aromatic nitrogens is 2. The second kappa shape index (κ2) is 6.67. The molecule has 1 aliphatic carbocycles. The molecular formula is C36H29N2OP. The highest BCUT2D eigenvalue weighted by molar-refractivity contribution is 7.68. The Bertz CT molecular complexity index is 2560. The Balaban J connectivity index is 1.67. The normalized spacial score (nSPS) is 18.2. The minimum atomic E-state index is -0.757. The largest absolute Gasteiger partial charge is 0.459 e. The first-order valence-corrected chi connectivity index (χ1v) is 15.8. The molecule has 0 radical (unpaired) electrons. The number of rotatable bonds is 0. The van der Waals surface area contributed by atoms with Crippen molar-refractivity contribution >= 4 is 72.6 Å². The van der Waals surface area contributed by atoms with Crippen molar-refractivity contribution in [3.63, 3.8) is 0 Å². The lowest BCUT2D eigenvalue weighted by Crippen LogP contribution is -2.12. The molecule has 0 saturated heterocycles. The van der Waals surface area contributed by atoms with Gasteiger partial charge in [0, 0.05) is 27.4 Å². The van der Waals surface area contributed by atoms with Crippen LogP contribution in [-0.4, -0.2) is 8.80 Å². The number of fused-ring (bicyclic) bond motifs is 8. The van der Waals surface area contributed by atoms with Crippen LogP contribution in [0.5, 0.6) is 0 Å². The van der Waals surface area contributed by atoms with E-state index < -0.39 is 7.53 Å². The predicted molar refractivity (Wildman–Crippen MR) is 170 cm³/mol. The standard InChI is InChI=1S/C36H29N2OP/c1-16-7-9-24-22(11-16)29-19(4)15-28-35-31(29)37(24)26-13-18(3)14-27-34(26)40(35)36-32-30(20(5)21(6)33(36)39-28)23-12-17(2)8-10-25(23)38(27)32/h7-15,20-21H,1-6H3. The van der Waals surface area contributed by atoms with Crippen LogP contribution in [0.15, 0.2) is 59.0 Å². The lowest BCUT2D eigenvalue weighted by molar-refractivity contribution is 0.469. The topological polar surface area (TPSA) is 22.0 Å². The highest BCUT2D eigenvalue weighted by Gasteiger charge is 2.38. The Morgan fingerprint density at radius 2 is 1.30 bits per heavy atom. The summed E-state index contributed by atoms with van der Waals surface area (Å²) in [5.74, 6) is 1.90. The summed E-state index contributed by atoms with van der Waals surface area (Å²) in [4.78, 5) is 0. The van der Waals surface area contributed by atoms with E-state index in [0.29, 0.717) is 11.8 Å². The fourth-order valence-corrected chi connectivity index (χ4v) is 11.4. The van der Waals surface area contributed by atoms with Gasteiger partial charge in [0.15, 0.2) is 0 Å². The zero-order valence-electron chi connectivity index (χ0n) is 23.6. The highest BCUT2D eigenvalue weighted by Crippen LogP contribution is 2.66. The maximum atomic E-state index is 7.09. The van der Waals surface area contributed by atoms with Crippen molar-refractivity contribution in [2.24, 2.45) is 0 Å². The predicted octanol–water partition coefficient (Wildman–Crippen LogP) is 10.9. The molecule has 7 aromatic rings. The van der Waals surface area contributed by atoms with Gasteiger partial charge in [-0.15, -0.1) is 0 Å². The molecule has 4 heteroatoms. The summed E-state index contributed by atoms with van der Waals surface area (Å²) in [5.41, 5.74) is 15.9. The molecule has 10 rings (SSSR count). The minimum absolute atomic E-state index is 0.319. The third-order valence-electron chi connectivity index (χ3n) is 10.1. The summed E-state index contributed by atoms with van der Waals surface area (Å²) < 4.78 is 12.3. The van der Waals surface area contributed by atoms with Gasteiger partial charge in [-0.1, -0.05) is 44.6 Å². The first-order valence-electron chi connectivity index (χ1n) is 14.4. The van der Waals surface area contributed by atoms with E-state index >= 15 is 0 Å². The monoisotopic (exact) mass is 536 g/mol. The van der Waals surface area contributed by atoms with Crippen LogP contribution in [0, 0.1) is 27.7 Å². The van der Waals surface area contributed by atoms with E-state index in [1.807, 2.05) is 0 Å². The van der Waals surface area contributed by atoms with Crippen molar-refractivity contribution in [1.82, 2.24) is 8.80 Å². The molecule has 3 unspecified atom stereocenters. The number of nitrogens with zero attached hydrogens (tertiary/aromatic N) is 2. The molecule has 3 nitrogen and oxygen atoms in total. The number of benzene rings is 4. The highest BCUT2D eigenvalue weighted by atomic mass is 31.1. The van der Waals surface area contributed by atoms with Gasteiger partial charge in [0.05, 0.1) is 43.3 Å². The fraction of sp³-hybridized carbons (Fsp3) is 0.222. The fourth-order valence-electron chi connectivity index (χ4n) is 8.33. The number of aryl methyl sites for hydroxylation is 4. The molecule has 3 aromatic heterocycles. The molecular weight excluding hydrogens is 507 g/mol. The maximum Gasteiger partial charge on any atom is 0.140 e. The molecule has 3 aliphatic rings. The first-order chi connectivity index (χ1) is 19.3. The maximum absolute atomic E-state index is 7.09. The molecule has 40 heavy (non-hydrogen) atoms. The quantitative estimate of drug-likeness (QED) is 0.140. The molecule has 194 valence electrons. The van der Waals surface area contributed by atoms with Crippen LogP contribution in [0.4, 0.5) is 0 Å².